The van der Waals surface area contributed by atoms with Crippen molar-refractivity contribution in [1.29, 1.82) is 0 Å². The monoisotopic (exact) mass is 298 g/mol. The lowest BCUT2D eigenvalue weighted by Crippen LogP contribution is -1.94. The molecule has 0 heterocycles. The van der Waals surface area contributed by atoms with Crippen molar-refractivity contribution in [3.05, 3.63) is 0 Å². The molecule has 2 heteroatoms. The molecule has 0 saturated carbocycles. The molecular weight excluding hydrogens is 260 g/mol. The first-order valence-electron chi connectivity index (χ1n) is 9.40. The van der Waals surface area contributed by atoms with Gasteiger partial charge < -0.3 is 4.74 Å². The van der Waals surface area contributed by atoms with Gasteiger partial charge in [-0.3, -0.25) is 4.79 Å². The second kappa shape index (κ2) is 17.7. The van der Waals surface area contributed by atoms with Crippen molar-refractivity contribution in [2.45, 2.75) is 104 Å². The molecule has 0 aliphatic heterocycles. The number of rotatable bonds is 17. The summed E-state index contributed by atoms with van der Waals surface area (Å²) in [6.45, 7) is 5.82. The largest absolute Gasteiger partial charge is 0.382 e. The van der Waals surface area contributed by atoms with E-state index in [2.05, 4.69) is 6.92 Å². The van der Waals surface area contributed by atoms with E-state index in [0.29, 0.717) is 12.2 Å². The molecule has 0 spiro atoms. The normalized spacial score (nSPS) is 11.0. The van der Waals surface area contributed by atoms with E-state index in [1.807, 2.05) is 6.92 Å². The highest BCUT2D eigenvalue weighted by atomic mass is 16.5. The second-order valence-electron chi connectivity index (χ2n) is 6.08. The van der Waals surface area contributed by atoms with Crippen LogP contribution in [0.3, 0.4) is 0 Å². The van der Waals surface area contributed by atoms with Gasteiger partial charge in [0.2, 0.25) is 0 Å². The van der Waals surface area contributed by atoms with E-state index in [-0.39, 0.29) is 0 Å². The third kappa shape index (κ3) is 17.6. The number of Topliss-reactive ketones (excluding diaryl/α,β-unsaturated/α-hetero) is 1. The molecule has 0 aliphatic carbocycles. The van der Waals surface area contributed by atoms with Crippen molar-refractivity contribution in [3.63, 3.8) is 0 Å². The molecule has 0 aromatic carbocycles. The summed E-state index contributed by atoms with van der Waals surface area (Å²) in [6, 6.07) is 0. The SMILES string of the molecule is CCOCCCCCCCCCCCCCCC(=O)CC. The summed E-state index contributed by atoms with van der Waals surface area (Å²) < 4.78 is 5.33. The number of ether oxygens (including phenoxy) is 1. The van der Waals surface area contributed by atoms with E-state index in [1.165, 1.54) is 70.6 Å². The van der Waals surface area contributed by atoms with Crippen molar-refractivity contribution in [3.8, 4) is 0 Å². The Morgan fingerprint density at radius 3 is 1.52 bits per heavy atom. The first-order chi connectivity index (χ1) is 10.3. The van der Waals surface area contributed by atoms with Crippen LogP contribution in [0.5, 0.6) is 0 Å². The van der Waals surface area contributed by atoms with Crippen LogP contribution in [0.2, 0.25) is 0 Å². The zero-order valence-corrected chi connectivity index (χ0v) is 14.6. The molecule has 0 saturated heterocycles. The highest BCUT2D eigenvalue weighted by Crippen LogP contribution is 2.12. The minimum absolute atomic E-state index is 0.427. The summed E-state index contributed by atoms with van der Waals surface area (Å²) >= 11 is 0. The average Bonchev–Trinajstić information content (AvgIpc) is 2.50. The lowest BCUT2D eigenvalue weighted by molar-refractivity contribution is -0.118. The maximum atomic E-state index is 11.1. The van der Waals surface area contributed by atoms with Crippen molar-refractivity contribution in [2.24, 2.45) is 0 Å². The van der Waals surface area contributed by atoms with Gasteiger partial charge in [-0.2, -0.15) is 0 Å². The van der Waals surface area contributed by atoms with Crippen LogP contribution in [0.1, 0.15) is 104 Å². The van der Waals surface area contributed by atoms with Crippen LogP contribution >= 0.6 is 0 Å². The van der Waals surface area contributed by atoms with Crippen LogP contribution in [0.4, 0.5) is 0 Å². The van der Waals surface area contributed by atoms with Crippen LogP contribution < -0.4 is 0 Å². The highest BCUT2D eigenvalue weighted by molar-refractivity contribution is 5.77. The van der Waals surface area contributed by atoms with Gasteiger partial charge in [-0.05, 0) is 19.8 Å². The van der Waals surface area contributed by atoms with E-state index in [9.17, 15) is 4.79 Å². The zero-order valence-electron chi connectivity index (χ0n) is 14.6. The van der Waals surface area contributed by atoms with Gasteiger partial charge >= 0.3 is 0 Å². The molecule has 0 aromatic heterocycles. The third-order valence-corrected chi connectivity index (χ3v) is 4.09. The Morgan fingerprint density at radius 2 is 1.10 bits per heavy atom. The van der Waals surface area contributed by atoms with Crippen molar-refractivity contribution in [1.82, 2.24) is 0 Å². The molecule has 0 bridgehead atoms. The van der Waals surface area contributed by atoms with Gasteiger partial charge in [-0.25, -0.2) is 0 Å². The smallest absolute Gasteiger partial charge is 0.132 e. The highest BCUT2D eigenvalue weighted by Gasteiger charge is 1.98. The molecule has 0 aliphatic rings. The summed E-state index contributed by atoms with van der Waals surface area (Å²) in [5, 5.41) is 0. The number of hydrogen-bond donors (Lipinski definition) is 0. The van der Waals surface area contributed by atoms with Gasteiger partial charge in [0.25, 0.3) is 0 Å². The number of unbranched alkanes of at least 4 members (excludes halogenated alkanes) is 11. The summed E-state index contributed by atoms with van der Waals surface area (Å²) in [5.41, 5.74) is 0. The van der Waals surface area contributed by atoms with E-state index in [4.69, 9.17) is 4.74 Å². The van der Waals surface area contributed by atoms with Gasteiger partial charge in [-0.15, -0.1) is 0 Å². The van der Waals surface area contributed by atoms with Crippen LogP contribution in [0.15, 0.2) is 0 Å². The van der Waals surface area contributed by atoms with Crippen LogP contribution in [0, 0.1) is 0 Å². The van der Waals surface area contributed by atoms with Crippen molar-refractivity contribution in [2.75, 3.05) is 13.2 Å². The van der Waals surface area contributed by atoms with Crippen molar-refractivity contribution < 1.29 is 9.53 Å². The Balaban J connectivity index is 2.98. The predicted octanol–water partition coefficient (Wildman–Crippen LogP) is 6.07. The molecule has 126 valence electrons. The van der Waals surface area contributed by atoms with Gasteiger partial charge in [0, 0.05) is 26.1 Å². The topological polar surface area (TPSA) is 26.3 Å². The number of hydrogen-bond acceptors (Lipinski definition) is 2. The first kappa shape index (κ1) is 20.6. The maximum Gasteiger partial charge on any atom is 0.132 e. The van der Waals surface area contributed by atoms with E-state index < -0.39 is 0 Å². The average molecular weight is 299 g/mol. The Kier molecular flexibility index (Phi) is 17.4. The Bertz CT molecular complexity index is 214. The molecular formula is C19H38O2. The van der Waals surface area contributed by atoms with Gasteiger partial charge in [-0.1, -0.05) is 71.1 Å². The van der Waals surface area contributed by atoms with Crippen LogP contribution in [-0.2, 0) is 9.53 Å². The molecule has 0 N–H and O–H groups in total. The quantitative estimate of drug-likeness (QED) is 0.304. The van der Waals surface area contributed by atoms with E-state index >= 15 is 0 Å². The number of carbonyl (C=O) groups is 1. The summed E-state index contributed by atoms with van der Waals surface area (Å²) in [4.78, 5) is 11.1. The molecule has 0 fully saturated rings. The Hall–Kier alpha value is -0.370. The minimum Gasteiger partial charge on any atom is -0.382 e. The predicted molar refractivity (Wildman–Crippen MR) is 91.8 cm³/mol. The lowest BCUT2D eigenvalue weighted by Gasteiger charge is -2.03. The first-order valence-corrected chi connectivity index (χ1v) is 9.40. The van der Waals surface area contributed by atoms with Gasteiger partial charge in [0.15, 0.2) is 0 Å². The van der Waals surface area contributed by atoms with Crippen LogP contribution in [-0.4, -0.2) is 19.0 Å². The van der Waals surface area contributed by atoms with E-state index in [0.717, 1.165) is 26.1 Å². The third-order valence-electron chi connectivity index (χ3n) is 4.09. The van der Waals surface area contributed by atoms with E-state index in [1.54, 1.807) is 0 Å². The fourth-order valence-corrected chi connectivity index (χ4v) is 2.62. The molecule has 0 rings (SSSR count). The zero-order chi connectivity index (χ0) is 15.6. The van der Waals surface area contributed by atoms with Gasteiger partial charge in [0.05, 0.1) is 0 Å². The molecule has 0 atom stereocenters. The number of ketones is 1. The lowest BCUT2D eigenvalue weighted by atomic mass is 10.0. The summed E-state index contributed by atoms with van der Waals surface area (Å²) in [6.07, 6.45) is 17.4. The fourth-order valence-electron chi connectivity index (χ4n) is 2.62. The molecule has 0 radical (unpaired) electrons. The minimum atomic E-state index is 0.427. The fraction of sp³-hybridized carbons (Fsp3) is 0.947. The Labute approximate surface area is 133 Å². The summed E-state index contributed by atoms with van der Waals surface area (Å²) in [7, 11) is 0. The molecule has 2 nitrogen and oxygen atoms in total. The second-order valence-corrected chi connectivity index (χ2v) is 6.08. The van der Waals surface area contributed by atoms with Crippen LogP contribution in [0.25, 0.3) is 0 Å². The Morgan fingerprint density at radius 1 is 0.667 bits per heavy atom. The number of carbonyl (C=O) groups excluding carboxylic acids is 1. The van der Waals surface area contributed by atoms with Crippen molar-refractivity contribution >= 4 is 5.78 Å². The molecule has 0 amide bonds. The molecule has 0 aromatic rings. The maximum absolute atomic E-state index is 11.1. The summed E-state index contributed by atoms with van der Waals surface area (Å²) in [5.74, 6) is 0.427. The van der Waals surface area contributed by atoms with Gasteiger partial charge in [0.1, 0.15) is 5.78 Å². The molecule has 0 unspecified atom stereocenters. The molecule has 21 heavy (non-hydrogen) atoms. The standard InChI is InChI=1S/C19H38O2/c1-3-19(20)17-15-13-11-9-7-5-6-8-10-12-14-16-18-21-4-2/h3-18H2,1-2H3.